The lowest BCUT2D eigenvalue weighted by atomic mass is 10.1. The van der Waals surface area contributed by atoms with Crippen LogP contribution in [-0.2, 0) is 14.0 Å². The maximum atomic E-state index is 11.1. The van der Waals surface area contributed by atoms with Gasteiger partial charge in [0.25, 0.3) is 0 Å². The second-order valence-corrected chi connectivity index (χ2v) is 11.5. The quantitative estimate of drug-likeness (QED) is 0.250. The van der Waals surface area contributed by atoms with E-state index in [1.807, 2.05) is 19.9 Å². The van der Waals surface area contributed by atoms with Gasteiger partial charge in [0, 0.05) is 20.0 Å². The second kappa shape index (κ2) is 8.40. The number of hydrogen-bond acceptors (Lipinski definition) is 3. The third-order valence-electron chi connectivity index (χ3n) is 3.88. The number of rotatable bonds is 5. The van der Waals surface area contributed by atoms with Crippen LogP contribution in [0.2, 0.25) is 18.1 Å². The molecule has 0 aliphatic rings. The summed E-state index contributed by atoms with van der Waals surface area (Å²) in [6.45, 7) is 17.0. The van der Waals surface area contributed by atoms with Crippen LogP contribution in [0.25, 0.3) is 0 Å². The highest BCUT2D eigenvalue weighted by atomic mass is 28.4. The van der Waals surface area contributed by atoms with E-state index in [9.17, 15) is 4.79 Å². The molecule has 4 heteroatoms. The molecule has 0 aliphatic carbocycles. The lowest BCUT2D eigenvalue weighted by molar-refractivity contribution is -0.142. The van der Waals surface area contributed by atoms with E-state index in [1.54, 1.807) is 0 Å². The molecule has 0 fully saturated rings. The number of allylic oxidation sites excluding steroid dienone is 1. The van der Waals surface area contributed by atoms with Crippen LogP contribution in [0.1, 0.15) is 48.0 Å². The molecule has 0 aromatic carbocycles. The van der Waals surface area contributed by atoms with Crippen LogP contribution in [0.15, 0.2) is 11.6 Å². The van der Waals surface area contributed by atoms with Crippen LogP contribution in [-0.4, -0.2) is 27.0 Å². The Hall–Kier alpha value is -1.05. The first-order valence-corrected chi connectivity index (χ1v) is 10.3. The molecule has 0 aliphatic heterocycles. The smallest absolute Gasteiger partial charge is 0.304 e. The average Bonchev–Trinajstić information content (AvgIpc) is 2.34. The first-order chi connectivity index (χ1) is 9.51. The summed E-state index contributed by atoms with van der Waals surface area (Å²) in [5.41, 5.74) is 0.947. The van der Waals surface area contributed by atoms with Crippen LogP contribution in [0.5, 0.6) is 0 Å². The Kier molecular flexibility index (Phi) is 7.98. The van der Waals surface area contributed by atoms with E-state index in [4.69, 9.17) is 9.16 Å². The van der Waals surface area contributed by atoms with Gasteiger partial charge >= 0.3 is 5.97 Å². The molecular weight excluding hydrogens is 280 g/mol. The van der Waals surface area contributed by atoms with Gasteiger partial charge in [-0.3, -0.25) is 4.79 Å². The van der Waals surface area contributed by atoms with Crippen molar-refractivity contribution in [3.63, 3.8) is 0 Å². The van der Waals surface area contributed by atoms with Gasteiger partial charge in [0.1, 0.15) is 0 Å². The highest BCUT2D eigenvalue weighted by molar-refractivity contribution is 6.74. The van der Waals surface area contributed by atoms with E-state index in [-0.39, 0.29) is 11.0 Å². The van der Waals surface area contributed by atoms with Gasteiger partial charge in [-0.15, -0.1) is 0 Å². The van der Waals surface area contributed by atoms with Gasteiger partial charge in [0.2, 0.25) is 0 Å². The lowest BCUT2D eigenvalue weighted by Gasteiger charge is -2.35. The fraction of sp³-hybridized carbons (Fsp3) is 0.706. The first-order valence-electron chi connectivity index (χ1n) is 7.43. The maximum absolute atomic E-state index is 11.1. The molecule has 0 radical (unpaired) electrons. The van der Waals surface area contributed by atoms with Gasteiger partial charge in [-0.2, -0.15) is 0 Å². The summed E-state index contributed by atoms with van der Waals surface area (Å²) in [5.74, 6) is 5.75. The molecule has 0 heterocycles. The SMILES string of the molecule is C/C=C(\C)C(C#CCCO[Si](C)(C)C(C)(C)C)OC(C)=O. The normalized spacial score (nSPS) is 14.2. The van der Waals surface area contributed by atoms with Crippen molar-refractivity contribution in [3.8, 4) is 11.8 Å². The van der Waals surface area contributed by atoms with Gasteiger partial charge < -0.3 is 9.16 Å². The Balaban J connectivity index is 4.49. The number of carbonyl (C=O) groups excluding carboxylic acids is 1. The van der Waals surface area contributed by atoms with Crippen molar-refractivity contribution in [2.24, 2.45) is 0 Å². The topological polar surface area (TPSA) is 35.5 Å². The average molecular weight is 311 g/mol. The predicted octanol–water partition coefficient (Wildman–Crippen LogP) is 4.30. The van der Waals surface area contributed by atoms with E-state index in [0.717, 1.165) is 5.57 Å². The fourth-order valence-electron chi connectivity index (χ4n) is 1.29. The van der Waals surface area contributed by atoms with E-state index >= 15 is 0 Å². The van der Waals surface area contributed by atoms with Crippen molar-refractivity contribution in [3.05, 3.63) is 11.6 Å². The molecule has 0 spiro atoms. The second-order valence-electron chi connectivity index (χ2n) is 6.70. The molecule has 0 aromatic heterocycles. The molecule has 0 N–H and O–H groups in total. The summed E-state index contributed by atoms with van der Waals surface area (Å²) in [4.78, 5) is 11.1. The van der Waals surface area contributed by atoms with Crippen molar-refractivity contribution in [1.29, 1.82) is 0 Å². The molecule has 0 aromatic rings. The Labute approximate surface area is 131 Å². The van der Waals surface area contributed by atoms with Crippen LogP contribution in [0.4, 0.5) is 0 Å². The van der Waals surface area contributed by atoms with Crippen LogP contribution in [0.3, 0.4) is 0 Å². The maximum Gasteiger partial charge on any atom is 0.304 e. The molecule has 3 nitrogen and oxygen atoms in total. The molecule has 1 atom stereocenters. The molecule has 0 amide bonds. The van der Waals surface area contributed by atoms with Crippen LogP contribution < -0.4 is 0 Å². The highest BCUT2D eigenvalue weighted by Crippen LogP contribution is 2.36. The predicted molar refractivity (Wildman–Crippen MR) is 90.5 cm³/mol. The molecular formula is C17H30O3Si. The largest absolute Gasteiger partial charge is 0.445 e. The molecule has 0 saturated carbocycles. The zero-order valence-corrected chi connectivity index (χ0v) is 15.8. The van der Waals surface area contributed by atoms with Crippen molar-refractivity contribution >= 4 is 14.3 Å². The van der Waals surface area contributed by atoms with Crippen LogP contribution >= 0.6 is 0 Å². The van der Waals surface area contributed by atoms with E-state index in [2.05, 4.69) is 45.7 Å². The molecule has 0 saturated heterocycles. The van der Waals surface area contributed by atoms with Gasteiger partial charge in [-0.1, -0.05) is 38.7 Å². The third kappa shape index (κ3) is 7.49. The zero-order chi connectivity index (χ0) is 16.7. The summed E-state index contributed by atoms with van der Waals surface area (Å²) in [6.07, 6.45) is 2.12. The Morgan fingerprint density at radius 2 is 1.86 bits per heavy atom. The summed E-state index contributed by atoms with van der Waals surface area (Å²) in [5, 5.41) is 0.211. The van der Waals surface area contributed by atoms with Gasteiger partial charge in [0.15, 0.2) is 14.4 Å². The molecule has 1 unspecified atom stereocenters. The van der Waals surface area contributed by atoms with Crippen molar-refractivity contribution in [1.82, 2.24) is 0 Å². The van der Waals surface area contributed by atoms with Gasteiger partial charge in [-0.05, 0) is 37.6 Å². The number of ether oxygens (including phenoxy) is 1. The monoisotopic (exact) mass is 310 g/mol. The van der Waals surface area contributed by atoms with Gasteiger partial charge in [-0.25, -0.2) is 0 Å². The van der Waals surface area contributed by atoms with Crippen molar-refractivity contribution in [2.45, 2.75) is 72.2 Å². The third-order valence-corrected chi connectivity index (χ3v) is 8.42. The van der Waals surface area contributed by atoms with Crippen molar-refractivity contribution < 1.29 is 14.0 Å². The van der Waals surface area contributed by atoms with Gasteiger partial charge in [0.05, 0.1) is 0 Å². The zero-order valence-electron chi connectivity index (χ0n) is 14.8. The summed E-state index contributed by atoms with van der Waals surface area (Å²) < 4.78 is 11.2. The Morgan fingerprint density at radius 3 is 2.29 bits per heavy atom. The highest BCUT2D eigenvalue weighted by Gasteiger charge is 2.36. The molecule has 0 bridgehead atoms. The van der Waals surface area contributed by atoms with Crippen molar-refractivity contribution in [2.75, 3.05) is 6.61 Å². The van der Waals surface area contributed by atoms with Crippen LogP contribution in [0, 0.1) is 11.8 Å². The molecule has 120 valence electrons. The Morgan fingerprint density at radius 1 is 1.29 bits per heavy atom. The Bertz CT molecular complexity index is 433. The summed E-state index contributed by atoms with van der Waals surface area (Å²) in [6, 6.07) is 0. The summed E-state index contributed by atoms with van der Waals surface area (Å²) >= 11 is 0. The minimum atomic E-state index is -1.70. The minimum Gasteiger partial charge on any atom is -0.445 e. The number of hydrogen-bond donors (Lipinski definition) is 0. The number of carbonyl (C=O) groups is 1. The molecule has 0 rings (SSSR count). The van der Waals surface area contributed by atoms with E-state index < -0.39 is 14.4 Å². The van der Waals surface area contributed by atoms with E-state index in [1.165, 1.54) is 6.92 Å². The summed E-state index contributed by atoms with van der Waals surface area (Å²) in [7, 11) is -1.70. The fourth-order valence-corrected chi connectivity index (χ4v) is 2.34. The lowest BCUT2D eigenvalue weighted by Crippen LogP contribution is -2.40. The van der Waals surface area contributed by atoms with E-state index in [0.29, 0.717) is 13.0 Å². The molecule has 21 heavy (non-hydrogen) atoms. The first kappa shape index (κ1) is 19.9. The minimum absolute atomic E-state index is 0.211. The number of esters is 1. The standard InChI is InChI=1S/C17H30O3Si/c1-9-14(2)16(20-15(3)18)12-10-11-13-19-21(7,8)17(4,5)6/h9,16H,11,13H2,1-8H3/b14-9+.